The molecule has 21 heavy (non-hydrogen) atoms. The predicted octanol–water partition coefficient (Wildman–Crippen LogP) is -0.509. The molecule has 2 heterocycles. The number of aliphatic imine (C=N–C) groups is 1. The van der Waals surface area contributed by atoms with Crippen molar-refractivity contribution in [1.82, 2.24) is 4.90 Å². The van der Waals surface area contributed by atoms with Gasteiger partial charge in [0.25, 0.3) is 0 Å². The molecule has 0 aromatic heterocycles. The van der Waals surface area contributed by atoms with Crippen LogP contribution in [-0.2, 0) is 14.3 Å². The summed E-state index contributed by atoms with van der Waals surface area (Å²) >= 11 is 0. The number of hydrogen-bond donors (Lipinski definition) is 3. The molecular weight excluding hydrogens is 278 g/mol. The van der Waals surface area contributed by atoms with Crippen molar-refractivity contribution in [3.05, 3.63) is 11.5 Å². The Morgan fingerprint density at radius 3 is 2.71 bits per heavy atom. The molecule has 3 atom stereocenters. The number of β-lactam (4-membered cyclic amide) rings is 1. The highest BCUT2D eigenvalue weighted by Gasteiger charge is 2.60. The molecule has 116 valence electrons. The number of amides is 1. The minimum absolute atomic E-state index is 0.181. The number of nitrogens with two attached hydrogens (primary N) is 1. The third-order valence-electron chi connectivity index (χ3n) is 3.71. The summed E-state index contributed by atoms with van der Waals surface area (Å²) in [5, 5.41) is 19.0. The topological polar surface area (TPSA) is 125 Å². The first-order chi connectivity index (χ1) is 9.72. The fourth-order valence-electron chi connectivity index (χ4n) is 2.61. The van der Waals surface area contributed by atoms with E-state index in [1.165, 1.54) is 6.92 Å². The minimum atomic E-state index is -1.24. The van der Waals surface area contributed by atoms with E-state index in [0.717, 1.165) is 11.2 Å². The summed E-state index contributed by atoms with van der Waals surface area (Å²) in [7, 11) is 0. The van der Waals surface area contributed by atoms with Gasteiger partial charge in [-0.25, -0.2) is 4.79 Å². The summed E-state index contributed by atoms with van der Waals surface area (Å²) in [6.45, 7) is 5.22. The molecule has 0 bridgehead atoms. The third kappa shape index (κ3) is 2.25. The molecule has 0 aromatic carbocycles. The van der Waals surface area contributed by atoms with Crippen LogP contribution in [-0.4, -0.2) is 52.2 Å². The normalized spacial score (nSPS) is 26.7. The minimum Gasteiger partial charge on any atom is -0.476 e. The SMILES string of the molecule is C[C@@H](O)[C@H]1C(=O)N2C(C(=O)O)=C(C(C)(C)CN=CN)O[C@H]12. The number of nitrogens with zero attached hydrogens (tertiary/aromatic N) is 2. The maximum absolute atomic E-state index is 12.0. The smallest absolute Gasteiger partial charge is 0.356 e. The molecule has 1 amide bonds. The Balaban J connectivity index is 2.37. The predicted molar refractivity (Wildman–Crippen MR) is 72.9 cm³/mol. The van der Waals surface area contributed by atoms with E-state index < -0.39 is 35.5 Å². The average Bonchev–Trinajstić information content (AvgIpc) is 2.71. The molecule has 2 aliphatic rings. The van der Waals surface area contributed by atoms with Gasteiger partial charge in [-0.1, -0.05) is 13.8 Å². The molecule has 1 saturated heterocycles. The van der Waals surface area contributed by atoms with Gasteiger partial charge in [0.2, 0.25) is 5.91 Å². The Kier molecular flexibility index (Phi) is 3.66. The number of aliphatic hydroxyl groups excluding tert-OH is 1. The zero-order chi connectivity index (χ0) is 15.9. The van der Waals surface area contributed by atoms with Crippen LogP contribution in [0.3, 0.4) is 0 Å². The van der Waals surface area contributed by atoms with Crippen LogP contribution < -0.4 is 5.73 Å². The first kappa shape index (κ1) is 15.3. The summed E-state index contributed by atoms with van der Waals surface area (Å²) in [5.74, 6) is -2.25. The molecule has 8 nitrogen and oxygen atoms in total. The Morgan fingerprint density at radius 1 is 1.62 bits per heavy atom. The highest BCUT2D eigenvalue weighted by molar-refractivity contribution is 5.98. The van der Waals surface area contributed by atoms with Gasteiger partial charge in [0.15, 0.2) is 11.9 Å². The number of fused-ring (bicyclic) bond motifs is 1. The van der Waals surface area contributed by atoms with Crippen LogP contribution in [0.5, 0.6) is 0 Å². The first-order valence-corrected chi connectivity index (χ1v) is 6.58. The zero-order valence-electron chi connectivity index (χ0n) is 12.1. The number of aliphatic carboxylic acids is 1. The second kappa shape index (κ2) is 5.03. The van der Waals surface area contributed by atoms with E-state index >= 15 is 0 Å². The lowest BCUT2D eigenvalue weighted by molar-refractivity contribution is -0.183. The van der Waals surface area contributed by atoms with Crippen LogP contribution in [0.1, 0.15) is 20.8 Å². The molecule has 0 saturated carbocycles. The fourth-order valence-corrected chi connectivity index (χ4v) is 2.61. The summed E-state index contributed by atoms with van der Waals surface area (Å²) < 4.78 is 5.67. The van der Waals surface area contributed by atoms with Crippen LogP contribution in [0.25, 0.3) is 0 Å². The maximum atomic E-state index is 12.0. The van der Waals surface area contributed by atoms with Gasteiger partial charge >= 0.3 is 5.97 Å². The number of ether oxygens (including phenoxy) is 1. The number of carbonyl (C=O) groups excluding carboxylic acids is 1. The summed E-state index contributed by atoms with van der Waals surface area (Å²) in [5.41, 5.74) is 4.30. The van der Waals surface area contributed by atoms with Crippen molar-refractivity contribution in [3.63, 3.8) is 0 Å². The monoisotopic (exact) mass is 297 g/mol. The lowest BCUT2D eigenvalue weighted by Gasteiger charge is -2.42. The van der Waals surface area contributed by atoms with E-state index in [9.17, 15) is 19.8 Å². The number of carboxylic acid groups (broad SMARTS) is 1. The third-order valence-corrected chi connectivity index (χ3v) is 3.71. The summed E-state index contributed by atoms with van der Waals surface area (Å²) in [6.07, 6.45) is -0.533. The number of rotatable bonds is 5. The van der Waals surface area contributed by atoms with Crippen molar-refractivity contribution in [1.29, 1.82) is 0 Å². The molecule has 0 unspecified atom stereocenters. The molecule has 0 aromatic rings. The van der Waals surface area contributed by atoms with E-state index in [2.05, 4.69) is 4.99 Å². The van der Waals surface area contributed by atoms with Gasteiger partial charge in [-0.05, 0) is 6.92 Å². The van der Waals surface area contributed by atoms with Crippen molar-refractivity contribution >= 4 is 18.2 Å². The fraction of sp³-hybridized carbons (Fsp3) is 0.615. The van der Waals surface area contributed by atoms with Gasteiger partial charge in [0.1, 0.15) is 11.7 Å². The van der Waals surface area contributed by atoms with Crippen LogP contribution in [0.4, 0.5) is 0 Å². The lowest BCUT2D eigenvalue weighted by Crippen LogP contribution is -2.62. The van der Waals surface area contributed by atoms with Crippen LogP contribution in [0, 0.1) is 11.3 Å². The molecule has 0 radical (unpaired) electrons. The molecule has 4 N–H and O–H groups in total. The highest BCUT2D eigenvalue weighted by Crippen LogP contribution is 2.46. The Hall–Kier alpha value is -2.09. The van der Waals surface area contributed by atoms with Crippen LogP contribution in [0.2, 0.25) is 0 Å². The van der Waals surface area contributed by atoms with E-state index in [1.54, 1.807) is 13.8 Å². The second-order valence-corrected chi connectivity index (χ2v) is 5.84. The lowest BCUT2D eigenvalue weighted by atomic mass is 9.88. The first-order valence-electron chi connectivity index (χ1n) is 6.58. The molecule has 1 fully saturated rings. The number of carbonyl (C=O) groups is 2. The Morgan fingerprint density at radius 2 is 2.24 bits per heavy atom. The van der Waals surface area contributed by atoms with Gasteiger partial charge in [-0.2, -0.15) is 0 Å². The van der Waals surface area contributed by atoms with Crippen molar-refractivity contribution in [2.75, 3.05) is 6.54 Å². The van der Waals surface area contributed by atoms with E-state index in [1.807, 2.05) is 0 Å². The van der Waals surface area contributed by atoms with Gasteiger partial charge in [-0.3, -0.25) is 14.7 Å². The van der Waals surface area contributed by atoms with Crippen molar-refractivity contribution < 1.29 is 24.5 Å². The second-order valence-electron chi connectivity index (χ2n) is 5.84. The summed E-state index contributed by atoms with van der Waals surface area (Å²) in [6, 6.07) is 0. The molecule has 8 heteroatoms. The van der Waals surface area contributed by atoms with E-state index in [0.29, 0.717) is 0 Å². The number of carboxylic acids is 1. The standard InChI is InChI=1S/C13H19N3O5/c1-6(17)7-10(18)16-8(12(19)20)9(21-11(7)16)13(2,3)4-15-5-14/h5-7,11,17H,4H2,1-3H3,(H2,14,15)(H,19,20)/t6-,7+,11-/m1/s1. The van der Waals surface area contributed by atoms with Crippen LogP contribution in [0.15, 0.2) is 16.4 Å². The molecule has 0 spiro atoms. The zero-order valence-corrected chi connectivity index (χ0v) is 12.1. The molecule has 2 aliphatic heterocycles. The Bertz CT molecular complexity index is 538. The number of aliphatic hydroxyl groups is 1. The van der Waals surface area contributed by atoms with Gasteiger partial charge in [0.05, 0.1) is 19.0 Å². The molecular formula is C13H19N3O5. The summed E-state index contributed by atoms with van der Waals surface area (Å²) in [4.78, 5) is 28.5. The van der Waals surface area contributed by atoms with E-state index in [-0.39, 0.29) is 18.0 Å². The van der Waals surface area contributed by atoms with Crippen molar-refractivity contribution in [2.24, 2.45) is 22.1 Å². The van der Waals surface area contributed by atoms with Crippen LogP contribution >= 0.6 is 0 Å². The molecule has 0 aliphatic carbocycles. The van der Waals surface area contributed by atoms with Gasteiger partial charge in [-0.15, -0.1) is 0 Å². The van der Waals surface area contributed by atoms with Gasteiger partial charge < -0.3 is 20.7 Å². The van der Waals surface area contributed by atoms with Crippen molar-refractivity contribution in [3.8, 4) is 0 Å². The highest BCUT2D eigenvalue weighted by atomic mass is 16.5. The van der Waals surface area contributed by atoms with Gasteiger partial charge in [0, 0.05) is 5.41 Å². The largest absolute Gasteiger partial charge is 0.476 e. The Labute approximate surface area is 121 Å². The quantitative estimate of drug-likeness (QED) is 0.356. The van der Waals surface area contributed by atoms with Crippen molar-refractivity contribution in [2.45, 2.75) is 33.1 Å². The maximum Gasteiger partial charge on any atom is 0.356 e. The number of hydrogen-bond acceptors (Lipinski definition) is 5. The van der Waals surface area contributed by atoms with E-state index in [4.69, 9.17) is 10.5 Å². The average molecular weight is 297 g/mol. The molecule has 2 rings (SSSR count).